The van der Waals surface area contributed by atoms with Crippen LogP contribution in [-0.4, -0.2) is 35.2 Å². The van der Waals surface area contributed by atoms with Crippen LogP contribution in [0.2, 0.25) is 0 Å². The lowest BCUT2D eigenvalue weighted by Gasteiger charge is -2.50. The van der Waals surface area contributed by atoms with E-state index in [9.17, 15) is 14.9 Å². The lowest BCUT2D eigenvalue weighted by molar-refractivity contribution is -0.385. The van der Waals surface area contributed by atoms with E-state index in [0.717, 1.165) is 17.5 Å². The first-order chi connectivity index (χ1) is 15.5. The normalized spacial score (nSPS) is 17.2. The van der Waals surface area contributed by atoms with E-state index in [-0.39, 0.29) is 23.6 Å². The number of carbonyl (C=O) groups excluding carboxylic acids is 1. The van der Waals surface area contributed by atoms with E-state index in [0.29, 0.717) is 12.0 Å². The molecule has 1 atom stereocenters. The van der Waals surface area contributed by atoms with Gasteiger partial charge in [0.15, 0.2) is 12.4 Å². The van der Waals surface area contributed by atoms with Crippen LogP contribution in [0.15, 0.2) is 41.5 Å². The van der Waals surface area contributed by atoms with Gasteiger partial charge in [-0.05, 0) is 81.8 Å². The van der Waals surface area contributed by atoms with Gasteiger partial charge in [0.05, 0.1) is 11.1 Å². The second kappa shape index (κ2) is 9.60. The molecule has 1 heterocycles. The summed E-state index contributed by atoms with van der Waals surface area (Å²) in [6, 6.07) is 10.7. The lowest BCUT2D eigenvalue weighted by Crippen LogP contribution is -2.51. The predicted octanol–water partition coefficient (Wildman–Crippen LogP) is 4.93. The summed E-state index contributed by atoms with van der Waals surface area (Å²) in [5.41, 5.74) is 6.85. The number of anilines is 1. The number of nitro benzene ring substituents is 1. The largest absolute Gasteiger partial charge is 0.477 e. The Bertz CT molecular complexity index is 1080. The minimum Gasteiger partial charge on any atom is -0.477 e. The van der Waals surface area contributed by atoms with Gasteiger partial charge in [0, 0.05) is 23.3 Å². The van der Waals surface area contributed by atoms with Gasteiger partial charge in [-0.15, -0.1) is 0 Å². The van der Waals surface area contributed by atoms with E-state index >= 15 is 0 Å². The van der Waals surface area contributed by atoms with Crippen molar-refractivity contribution in [1.29, 1.82) is 0 Å². The minimum absolute atomic E-state index is 0.0405. The highest BCUT2D eigenvalue weighted by molar-refractivity contribution is 5.86. The number of ether oxygens (including phenoxy) is 1. The summed E-state index contributed by atoms with van der Waals surface area (Å²) < 4.78 is 5.30. The number of hydrogen-bond donors (Lipinski definition) is 1. The Balaban J connectivity index is 1.71. The Morgan fingerprint density at radius 2 is 2.06 bits per heavy atom. The first-order valence-electron chi connectivity index (χ1n) is 11.1. The van der Waals surface area contributed by atoms with E-state index in [1.165, 1.54) is 23.4 Å². The average molecular weight is 453 g/mol. The SMILES string of the molecule is Cc1cc2c(cc1/C=N\NC(=O)COc1ccccc1[N+](=O)[O-])C(C)CC(C)(C)N2C(C)C. The number of benzene rings is 2. The van der Waals surface area contributed by atoms with Crippen molar-refractivity contribution in [2.75, 3.05) is 11.5 Å². The topological polar surface area (TPSA) is 97.1 Å². The molecule has 176 valence electrons. The van der Waals surface area contributed by atoms with Crippen LogP contribution in [0.1, 0.15) is 63.6 Å². The fourth-order valence-electron chi connectivity index (χ4n) is 4.81. The van der Waals surface area contributed by atoms with Crippen LogP contribution < -0.4 is 15.1 Å². The van der Waals surface area contributed by atoms with Gasteiger partial charge in [0.1, 0.15) is 0 Å². The third-order valence-corrected chi connectivity index (χ3v) is 5.99. The predicted molar refractivity (Wildman–Crippen MR) is 130 cm³/mol. The summed E-state index contributed by atoms with van der Waals surface area (Å²) in [4.78, 5) is 25.1. The van der Waals surface area contributed by atoms with Crippen molar-refractivity contribution in [3.05, 3.63) is 63.2 Å². The Kier molecular flexibility index (Phi) is 7.05. The number of hydrogen-bond acceptors (Lipinski definition) is 6. The fourth-order valence-corrected chi connectivity index (χ4v) is 4.81. The van der Waals surface area contributed by atoms with Crippen LogP contribution in [0, 0.1) is 17.0 Å². The second-order valence-corrected chi connectivity index (χ2v) is 9.46. The molecule has 0 aromatic heterocycles. The number of nitro groups is 1. The van der Waals surface area contributed by atoms with Crippen molar-refractivity contribution in [2.45, 2.75) is 65.5 Å². The monoisotopic (exact) mass is 452 g/mol. The maximum Gasteiger partial charge on any atom is 0.310 e. The van der Waals surface area contributed by atoms with Gasteiger partial charge in [-0.1, -0.05) is 19.1 Å². The molecule has 1 amide bonds. The minimum atomic E-state index is -0.549. The summed E-state index contributed by atoms with van der Waals surface area (Å²) in [5.74, 6) is -0.0534. The molecule has 2 aromatic carbocycles. The van der Waals surface area contributed by atoms with Crippen LogP contribution in [0.3, 0.4) is 0 Å². The number of fused-ring (bicyclic) bond motifs is 1. The molecule has 0 fully saturated rings. The van der Waals surface area contributed by atoms with Crippen LogP contribution in [-0.2, 0) is 4.79 Å². The Labute approximate surface area is 194 Å². The summed E-state index contributed by atoms with van der Waals surface area (Å²) in [7, 11) is 0. The highest BCUT2D eigenvalue weighted by atomic mass is 16.6. The van der Waals surface area contributed by atoms with Gasteiger partial charge < -0.3 is 9.64 Å². The molecule has 8 nitrogen and oxygen atoms in total. The van der Waals surface area contributed by atoms with Gasteiger partial charge in [0.25, 0.3) is 5.91 Å². The van der Waals surface area contributed by atoms with Crippen molar-refractivity contribution in [3.63, 3.8) is 0 Å². The average Bonchev–Trinajstić information content (AvgIpc) is 2.72. The molecule has 2 aromatic rings. The first-order valence-corrected chi connectivity index (χ1v) is 11.1. The Morgan fingerprint density at radius 3 is 2.73 bits per heavy atom. The first kappa shape index (κ1) is 24.2. The van der Waals surface area contributed by atoms with Gasteiger partial charge in [-0.25, -0.2) is 5.43 Å². The third kappa shape index (κ3) is 5.32. The van der Waals surface area contributed by atoms with Crippen LogP contribution >= 0.6 is 0 Å². The van der Waals surface area contributed by atoms with Gasteiger partial charge in [0.2, 0.25) is 0 Å². The molecule has 0 spiro atoms. The van der Waals surface area contributed by atoms with Gasteiger partial charge in [-0.2, -0.15) is 5.10 Å². The van der Waals surface area contributed by atoms with Gasteiger partial charge >= 0.3 is 5.69 Å². The maximum absolute atomic E-state index is 12.1. The number of hydrazone groups is 1. The van der Waals surface area contributed by atoms with Gasteiger partial charge in [-0.3, -0.25) is 14.9 Å². The molecule has 3 rings (SSSR count). The highest BCUT2D eigenvalue weighted by Gasteiger charge is 2.37. The molecule has 0 saturated carbocycles. The summed E-state index contributed by atoms with van der Waals surface area (Å²) in [6.45, 7) is 12.9. The molecular weight excluding hydrogens is 420 g/mol. The van der Waals surface area contributed by atoms with E-state index in [1.807, 2.05) is 6.92 Å². The van der Waals surface area contributed by atoms with Crippen molar-refractivity contribution < 1.29 is 14.5 Å². The number of rotatable bonds is 7. The molecule has 8 heteroatoms. The number of nitrogens with zero attached hydrogens (tertiary/aromatic N) is 3. The highest BCUT2D eigenvalue weighted by Crippen LogP contribution is 2.45. The molecule has 1 aliphatic heterocycles. The number of aryl methyl sites for hydroxylation is 1. The molecule has 1 unspecified atom stereocenters. The van der Waals surface area contributed by atoms with Crippen molar-refractivity contribution in [2.24, 2.45) is 5.10 Å². The molecule has 0 saturated heterocycles. The van der Waals surface area contributed by atoms with Crippen molar-refractivity contribution >= 4 is 23.5 Å². The number of carbonyl (C=O) groups is 1. The Morgan fingerprint density at radius 1 is 1.36 bits per heavy atom. The number of amides is 1. The lowest BCUT2D eigenvalue weighted by atomic mass is 9.78. The summed E-state index contributed by atoms with van der Waals surface area (Å²) in [5, 5.41) is 15.1. The zero-order valence-electron chi connectivity index (χ0n) is 20.1. The Hall–Kier alpha value is -3.42. The summed E-state index contributed by atoms with van der Waals surface area (Å²) >= 11 is 0. The van der Waals surface area contributed by atoms with E-state index in [1.54, 1.807) is 18.3 Å². The van der Waals surface area contributed by atoms with E-state index < -0.39 is 10.8 Å². The molecule has 1 N–H and O–H groups in total. The zero-order valence-corrected chi connectivity index (χ0v) is 20.1. The zero-order chi connectivity index (χ0) is 24.3. The van der Waals surface area contributed by atoms with Crippen LogP contribution in [0.25, 0.3) is 0 Å². The van der Waals surface area contributed by atoms with Crippen LogP contribution in [0.4, 0.5) is 11.4 Å². The quantitative estimate of drug-likeness (QED) is 0.365. The maximum atomic E-state index is 12.1. The molecule has 33 heavy (non-hydrogen) atoms. The van der Waals surface area contributed by atoms with Crippen molar-refractivity contribution in [3.8, 4) is 5.75 Å². The molecule has 0 aliphatic carbocycles. The van der Waals surface area contributed by atoms with Crippen LogP contribution in [0.5, 0.6) is 5.75 Å². The molecule has 0 bridgehead atoms. The van der Waals surface area contributed by atoms with E-state index in [4.69, 9.17) is 4.74 Å². The third-order valence-electron chi connectivity index (χ3n) is 5.99. The number of nitrogens with one attached hydrogen (secondary N) is 1. The number of para-hydroxylation sites is 2. The second-order valence-electron chi connectivity index (χ2n) is 9.46. The van der Waals surface area contributed by atoms with E-state index in [2.05, 4.69) is 62.2 Å². The summed E-state index contributed by atoms with van der Waals surface area (Å²) in [6.07, 6.45) is 2.68. The smallest absolute Gasteiger partial charge is 0.310 e. The molecule has 1 aliphatic rings. The standard InChI is InChI=1S/C25H32N4O4/c1-16(2)28-22-11-17(3)19(12-20(22)18(4)13-25(28,5)6)14-26-27-24(30)15-33-23-10-8-7-9-21(23)29(31)32/h7-12,14,16,18H,13,15H2,1-6H3,(H,27,30)/b26-14-. The molecular formula is C25H32N4O4. The van der Waals surface area contributed by atoms with Crippen molar-refractivity contribution in [1.82, 2.24) is 5.43 Å². The molecule has 0 radical (unpaired) electrons. The fraction of sp³-hybridized carbons (Fsp3) is 0.440.